The van der Waals surface area contributed by atoms with Gasteiger partial charge in [0, 0.05) is 18.4 Å². The summed E-state index contributed by atoms with van der Waals surface area (Å²) in [6.07, 6.45) is 1.91. The van der Waals surface area contributed by atoms with Gasteiger partial charge in [0.2, 0.25) is 0 Å². The molecule has 0 amide bonds. The molecule has 0 aliphatic rings. The van der Waals surface area contributed by atoms with Gasteiger partial charge in [-0.1, -0.05) is 23.7 Å². The number of pyridine rings is 1. The lowest BCUT2D eigenvalue weighted by Gasteiger charge is -2.12. The van der Waals surface area contributed by atoms with Crippen LogP contribution in [0.15, 0.2) is 36.5 Å². The van der Waals surface area contributed by atoms with E-state index in [2.05, 4.69) is 23.3 Å². The number of rotatable bonds is 3. The Labute approximate surface area is 128 Å². The van der Waals surface area contributed by atoms with Crippen LogP contribution in [-0.4, -0.2) is 9.38 Å². The number of imidazole rings is 1. The van der Waals surface area contributed by atoms with Crippen molar-refractivity contribution in [3.05, 3.63) is 58.5 Å². The maximum atomic E-state index is 6.23. The maximum absolute atomic E-state index is 6.23. The Bertz CT molecular complexity index is 787. The first kappa shape index (κ1) is 13.8. The van der Waals surface area contributed by atoms with Gasteiger partial charge in [0.25, 0.3) is 0 Å². The van der Waals surface area contributed by atoms with Crippen molar-refractivity contribution in [1.29, 1.82) is 0 Å². The molecule has 108 valence electrons. The van der Waals surface area contributed by atoms with Crippen LogP contribution in [0, 0.1) is 13.8 Å². The number of nitrogens with zero attached hydrogens (tertiary/aromatic N) is 2. The molecule has 2 heterocycles. The molecule has 0 aliphatic carbocycles. The molecule has 3 rings (SSSR count). The van der Waals surface area contributed by atoms with Crippen LogP contribution in [0.4, 0.5) is 11.4 Å². The second-order valence-corrected chi connectivity index (χ2v) is 5.46. The van der Waals surface area contributed by atoms with Crippen LogP contribution < -0.4 is 11.1 Å². The van der Waals surface area contributed by atoms with E-state index in [1.54, 1.807) is 0 Å². The first-order valence-electron chi connectivity index (χ1n) is 6.79. The van der Waals surface area contributed by atoms with Gasteiger partial charge in [0.1, 0.15) is 5.15 Å². The van der Waals surface area contributed by atoms with E-state index in [1.165, 1.54) is 5.56 Å². The molecule has 0 spiro atoms. The minimum absolute atomic E-state index is 0.643. The molecule has 0 bridgehead atoms. The van der Waals surface area contributed by atoms with Crippen molar-refractivity contribution in [3.8, 4) is 0 Å². The van der Waals surface area contributed by atoms with E-state index < -0.39 is 0 Å². The van der Waals surface area contributed by atoms with Crippen LogP contribution in [-0.2, 0) is 6.54 Å². The fourth-order valence-corrected chi connectivity index (χ4v) is 2.62. The average molecular weight is 301 g/mol. The Morgan fingerprint density at radius 2 is 2.05 bits per heavy atom. The largest absolute Gasteiger partial charge is 0.398 e. The van der Waals surface area contributed by atoms with Crippen LogP contribution >= 0.6 is 11.6 Å². The summed E-state index contributed by atoms with van der Waals surface area (Å²) in [6, 6.07) is 9.88. The van der Waals surface area contributed by atoms with Gasteiger partial charge in [0.05, 0.1) is 11.4 Å². The summed E-state index contributed by atoms with van der Waals surface area (Å²) in [5, 5.41) is 4.05. The van der Waals surface area contributed by atoms with Gasteiger partial charge < -0.3 is 11.1 Å². The summed E-state index contributed by atoms with van der Waals surface area (Å²) in [6.45, 7) is 4.62. The van der Waals surface area contributed by atoms with Crippen LogP contribution in [0.5, 0.6) is 0 Å². The second kappa shape index (κ2) is 5.30. The fraction of sp³-hybridized carbons (Fsp3) is 0.188. The number of aromatic nitrogens is 2. The molecule has 0 saturated carbocycles. The van der Waals surface area contributed by atoms with E-state index >= 15 is 0 Å². The molecule has 0 saturated heterocycles. The van der Waals surface area contributed by atoms with E-state index in [0.717, 1.165) is 28.3 Å². The van der Waals surface area contributed by atoms with Crippen molar-refractivity contribution in [2.75, 3.05) is 11.1 Å². The van der Waals surface area contributed by atoms with E-state index in [1.807, 2.05) is 41.8 Å². The molecule has 21 heavy (non-hydrogen) atoms. The standard InChI is InChI=1S/C16H17ClN4/c1-10-5-3-6-13(18)12(10)9-19-14-7-4-8-21-15(17)11(2)20-16(14)21/h3-8,19H,9,18H2,1-2H3. The number of nitrogens with one attached hydrogen (secondary N) is 1. The van der Waals surface area contributed by atoms with Crippen LogP contribution in [0.2, 0.25) is 5.15 Å². The van der Waals surface area contributed by atoms with Crippen LogP contribution in [0.3, 0.4) is 0 Å². The monoisotopic (exact) mass is 300 g/mol. The average Bonchev–Trinajstić information content (AvgIpc) is 2.75. The predicted molar refractivity (Wildman–Crippen MR) is 87.9 cm³/mol. The molecule has 0 fully saturated rings. The summed E-state index contributed by atoms with van der Waals surface area (Å²) in [7, 11) is 0. The fourth-order valence-electron chi connectivity index (χ4n) is 2.44. The Kier molecular flexibility index (Phi) is 3.47. The number of hydrogen-bond donors (Lipinski definition) is 2. The lowest BCUT2D eigenvalue weighted by atomic mass is 10.1. The van der Waals surface area contributed by atoms with Crippen molar-refractivity contribution in [2.45, 2.75) is 20.4 Å². The van der Waals surface area contributed by atoms with Gasteiger partial charge >= 0.3 is 0 Å². The molecule has 5 heteroatoms. The van der Waals surface area contributed by atoms with Crippen molar-refractivity contribution in [3.63, 3.8) is 0 Å². The Balaban J connectivity index is 1.94. The number of nitrogens with two attached hydrogens (primary N) is 1. The highest BCUT2D eigenvalue weighted by Crippen LogP contribution is 2.24. The number of fused-ring (bicyclic) bond motifs is 1. The van der Waals surface area contributed by atoms with E-state index in [4.69, 9.17) is 17.3 Å². The molecule has 3 aromatic rings. The summed E-state index contributed by atoms with van der Waals surface area (Å²) < 4.78 is 1.88. The van der Waals surface area contributed by atoms with Crippen molar-refractivity contribution in [2.24, 2.45) is 0 Å². The molecular formula is C16H17ClN4. The molecule has 0 radical (unpaired) electrons. The Morgan fingerprint density at radius 3 is 2.81 bits per heavy atom. The molecule has 1 aromatic carbocycles. The SMILES string of the molecule is Cc1cccc(N)c1CNc1cccn2c(Cl)c(C)nc12. The smallest absolute Gasteiger partial charge is 0.161 e. The molecule has 0 atom stereocenters. The highest BCUT2D eigenvalue weighted by molar-refractivity contribution is 6.30. The zero-order chi connectivity index (χ0) is 15.0. The number of nitrogen functional groups attached to an aromatic ring is 1. The lowest BCUT2D eigenvalue weighted by molar-refractivity contribution is 1.11. The molecule has 3 N–H and O–H groups in total. The highest BCUT2D eigenvalue weighted by Gasteiger charge is 2.10. The number of halogens is 1. The number of anilines is 2. The first-order valence-corrected chi connectivity index (χ1v) is 7.16. The van der Waals surface area contributed by atoms with E-state index in [9.17, 15) is 0 Å². The normalized spacial score (nSPS) is 11.0. The molecule has 0 unspecified atom stereocenters. The molecule has 2 aromatic heterocycles. The van der Waals surface area contributed by atoms with Crippen molar-refractivity contribution in [1.82, 2.24) is 9.38 Å². The third kappa shape index (κ3) is 2.43. The first-order chi connectivity index (χ1) is 10.1. The number of aryl methyl sites for hydroxylation is 2. The summed E-state index contributed by atoms with van der Waals surface area (Å²) in [5.74, 6) is 0. The zero-order valence-corrected chi connectivity index (χ0v) is 12.8. The summed E-state index contributed by atoms with van der Waals surface area (Å²) in [5.41, 5.74) is 11.7. The Morgan fingerprint density at radius 1 is 1.24 bits per heavy atom. The minimum atomic E-state index is 0.643. The zero-order valence-electron chi connectivity index (χ0n) is 12.0. The van der Waals surface area contributed by atoms with Gasteiger partial charge in [-0.25, -0.2) is 4.98 Å². The molecule has 0 aliphatic heterocycles. The minimum Gasteiger partial charge on any atom is -0.398 e. The van der Waals surface area contributed by atoms with Crippen molar-refractivity contribution >= 4 is 28.6 Å². The topological polar surface area (TPSA) is 55.3 Å². The lowest BCUT2D eigenvalue weighted by Crippen LogP contribution is -2.06. The predicted octanol–water partition coefficient (Wildman–Crippen LogP) is 3.80. The molecular weight excluding hydrogens is 284 g/mol. The van der Waals surface area contributed by atoms with Gasteiger partial charge in [0.15, 0.2) is 5.65 Å². The summed E-state index contributed by atoms with van der Waals surface area (Å²) in [4.78, 5) is 4.51. The van der Waals surface area contributed by atoms with Crippen molar-refractivity contribution < 1.29 is 0 Å². The van der Waals surface area contributed by atoms with E-state index in [-0.39, 0.29) is 0 Å². The van der Waals surface area contributed by atoms with Crippen LogP contribution in [0.25, 0.3) is 5.65 Å². The van der Waals surface area contributed by atoms with Gasteiger partial charge in [-0.3, -0.25) is 4.40 Å². The molecule has 4 nitrogen and oxygen atoms in total. The quantitative estimate of drug-likeness (QED) is 0.723. The third-order valence-corrected chi connectivity index (χ3v) is 4.11. The summed E-state index contributed by atoms with van der Waals surface area (Å²) >= 11 is 6.23. The van der Waals surface area contributed by atoms with Gasteiger partial charge in [-0.05, 0) is 43.2 Å². The second-order valence-electron chi connectivity index (χ2n) is 5.10. The van der Waals surface area contributed by atoms with Crippen LogP contribution in [0.1, 0.15) is 16.8 Å². The van der Waals surface area contributed by atoms with Gasteiger partial charge in [-0.2, -0.15) is 0 Å². The Hall–Kier alpha value is -2.20. The highest BCUT2D eigenvalue weighted by atomic mass is 35.5. The third-order valence-electron chi connectivity index (χ3n) is 3.65. The number of benzene rings is 1. The van der Waals surface area contributed by atoms with Gasteiger partial charge in [-0.15, -0.1) is 0 Å². The van der Waals surface area contributed by atoms with E-state index in [0.29, 0.717) is 11.7 Å². The number of hydrogen-bond acceptors (Lipinski definition) is 3. The maximum Gasteiger partial charge on any atom is 0.161 e.